The lowest BCUT2D eigenvalue weighted by Crippen LogP contribution is -2.42. The Bertz CT molecular complexity index is 437. The summed E-state index contributed by atoms with van der Waals surface area (Å²) in [4.78, 5) is 23.1. The molecule has 6 nitrogen and oxygen atoms in total. The van der Waals surface area contributed by atoms with Gasteiger partial charge in [0.15, 0.2) is 5.82 Å². The minimum Gasteiger partial charge on any atom is -0.360 e. The highest BCUT2D eigenvalue weighted by molar-refractivity contribution is 5.96. The molecule has 2 N–H and O–H groups in total. The van der Waals surface area contributed by atoms with E-state index in [1.807, 2.05) is 0 Å². The maximum atomic E-state index is 11.7. The smallest absolute Gasteiger partial charge is 0.247 e. The summed E-state index contributed by atoms with van der Waals surface area (Å²) in [7, 11) is 0. The molecule has 6 heteroatoms. The van der Waals surface area contributed by atoms with E-state index in [1.54, 1.807) is 19.9 Å². The Morgan fingerprint density at radius 1 is 1.53 bits per heavy atom. The van der Waals surface area contributed by atoms with E-state index in [4.69, 9.17) is 4.52 Å². The zero-order valence-corrected chi connectivity index (χ0v) is 9.82. The lowest BCUT2D eigenvalue weighted by Gasteiger charge is -2.12. The Hall–Kier alpha value is -1.85. The largest absolute Gasteiger partial charge is 0.360 e. The molecule has 0 unspecified atom stereocenters. The number of anilines is 1. The number of amides is 2. The van der Waals surface area contributed by atoms with Crippen LogP contribution in [0.15, 0.2) is 10.6 Å². The molecule has 0 radical (unpaired) electrons. The van der Waals surface area contributed by atoms with Crippen molar-refractivity contribution >= 4 is 17.6 Å². The fourth-order valence-electron chi connectivity index (χ4n) is 1.40. The Kier molecular flexibility index (Phi) is 3.12. The fraction of sp³-hybridized carbons (Fsp3) is 0.545. The first kappa shape index (κ1) is 11.6. The Balaban J connectivity index is 1.84. The van der Waals surface area contributed by atoms with Crippen LogP contribution >= 0.6 is 0 Å². The lowest BCUT2D eigenvalue weighted by atomic mass is 10.3. The minimum absolute atomic E-state index is 0.0519. The molecule has 1 aliphatic rings. The fourth-order valence-corrected chi connectivity index (χ4v) is 1.40. The first-order valence-electron chi connectivity index (χ1n) is 5.61. The van der Waals surface area contributed by atoms with E-state index in [0.717, 1.165) is 12.8 Å². The van der Waals surface area contributed by atoms with Gasteiger partial charge < -0.3 is 15.2 Å². The highest BCUT2D eigenvalue weighted by Crippen LogP contribution is 2.28. The number of hydrogen-bond acceptors (Lipinski definition) is 4. The molecule has 1 saturated carbocycles. The second kappa shape index (κ2) is 4.57. The van der Waals surface area contributed by atoms with Crippen LogP contribution in [-0.2, 0) is 9.59 Å². The predicted molar refractivity (Wildman–Crippen MR) is 60.2 cm³/mol. The Labute approximate surface area is 98.7 Å². The quantitative estimate of drug-likeness (QED) is 0.812. The van der Waals surface area contributed by atoms with Crippen molar-refractivity contribution in [1.82, 2.24) is 10.5 Å². The zero-order valence-electron chi connectivity index (χ0n) is 9.82. The van der Waals surface area contributed by atoms with Crippen LogP contribution in [-0.4, -0.2) is 23.0 Å². The second-order valence-corrected chi connectivity index (χ2v) is 4.32. The molecule has 0 aromatic carbocycles. The van der Waals surface area contributed by atoms with Gasteiger partial charge in [-0.15, -0.1) is 0 Å². The number of carbonyl (C=O) groups excluding carboxylic acids is 2. The SMILES string of the molecule is Cc1cc(NC(=O)[C@H](C)NC(=O)C2CC2)no1. The van der Waals surface area contributed by atoms with E-state index in [9.17, 15) is 9.59 Å². The highest BCUT2D eigenvalue weighted by Gasteiger charge is 2.31. The van der Waals surface area contributed by atoms with E-state index in [2.05, 4.69) is 15.8 Å². The molecule has 0 spiro atoms. The third kappa shape index (κ3) is 3.05. The summed E-state index contributed by atoms with van der Waals surface area (Å²) in [5.41, 5.74) is 0. The van der Waals surface area contributed by atoms with Gasteiger partial charge in [0.1, 0.15) is 11.8 Å². The molecular formula is C11H15N3O3. The van der Waals surface area contributed by atoms with Crippen LogP contribution in [0, 0.1) is 12.8 Å². The number of aromatic nitrogens is 1. The van der Waals surface area contributed by atoms with Crippen LogP contribution in [0.4, 0.5) is 5.82 Å². The number of carbonyl (C=O) groups is 2. The normalized spacial score (nSPS) is 16.4. The van der Waals surface area contributed by atoms with Crippen LogP contribution in [0.3, 0.4) is 0 Å². The van der Waals surface area contributed by atoms with Crippen molar-refractivity contribution in [1.29, 1.82) is 0 Å². The standard InChI is InChI=1S/C11H15N3O3/c1-6-5-9(14-17-6)13-10(15)7(2)12-11(16)8-3-4-8/h5,7-8H,3-4H2,1-2H3,(H,12,16)(H,13,14,15)/t7-/m0/s1. The Morgan fingerprint density at radius 2 is 2.24 bits per heavy atom. The molecule has 1 aliphatic carbocycles. The van der Waals surface area contributed by atoms with Gasteiger partial charge in [-0.1, -0.05) is 5.16 Å². The van der Waals surface area contributed by atoms with Crippen molar-refractivity contribution in [3.05, 3.63) is 11.8 Å². The van der Waals surface area contributed by atoms with Gasteiger partial charge in [0, 0.05) is 12.0 Å². The van der Waals surface area contributed by atoms with Crippen molar-refractivity contribution in [3.63, 3.8) is 0 Å². The van der Waals surface area contributed by atoms with Gasteiger partial charge in [-0.3, -0.25) is 9.59 Å². The monoisotopic (exact) mass is 237 g/mol. The van der Waals surface area contributed by atoms with E-state index >= 15 is 0 Å². The molecule has 1 aromatic heterocycles. The van der Waals surface area contributed by atoms with Gasteiger partial charge in [-0.05, 0) is 26.7 Å². The molecule has 0 aliphatic heterocycles. The molecule has 0 bridgehead atoms. The molecule has 1 heterocycles. The third-order valence-electron chi connectivity index (χ3n) is 2.58. The maximum Gasteiger partial charge on any atom is 0.247 e. The van der Waals surface area contributed by atoms with E-state index in [1.165, 1.54) is 0 Å². The van der Waals surface area contributed by atoms with E-state index < -0.39 is 6.04 Å². The van der Waals surface area contributed by atoms with Gasteiger partial charge >= 0.3 is 0 Å². The van der Waals surface area contributed by atoms with Crippen LogP contribution < -0.4 is 10.6 Å². The van der Waals surface area contributed by atoms with Crippen LogP contribution in [0.2, 0.25) is 0 Å². The minimum atomic E-state index is -0.569. The van der Waals surface area contributed by atoms with Crippen molar-refractivity contribution in [2.24, 2.45) is 5.92 Å². The first-order chi connectivity index (χ1) is 8.06. The summed E-state index contributed by atoms with van der Waals surface area (Å²) in [6.07, 6.45) is 1.84. The highest BCUT2D eigenvalue weighted by atomic mass is 16.5. The van der Waals surface area contributed by atoms with Crippen LogP contribution in [0.1, 0.15) is 25.5 Å². The summed E-state index contributed by atoms with van der Waals surface area (Å²) in [6, 6.07) is 1.05. The zero-order chi connectivity index (χ0) is 12.4. The van der Waals surface area contributed by atoms with Crippen molar-refractivity contribution in [2.45, 2.75) is 32.7 Å². The van der Waals surface area contributed by atoms with E-state index in [-0.39, 0.29) is 17.7 Å². The molecule has 1 fully saturated rings. The first-order valence-corrected chi connectivity index (χ1v) is 5.61. The summed E-state index contributed by atoms with van der Waals surface area (Å²) in [5.74, 6) is 0.728. The van der Waals surface area contributed by atoms with E-state index in [0.29, 0.717) is 11.6 Å². The summed E-state index contributed by atoms with van der Waals surface area (Å²) in [6.45, 7) is 3.38. The second-order valence-electron chi connectivity index (χ2n) is 4.32. The van der Waals surface area contributed by atoms with Crippen LogP contribution in [0.25, 0.3) is 0 Å². The number of aryl methyl sites for hydroxylation is 1. The predicted octanol–water partition coefficient (Wildman–Crippen LogP) is 0.836. The molecular weight excluding hydrogens is 222 g/mol. The molecule has 92 valence electrons. The topological polar surface area (TPSA) is 84.2 Å². The van der Waals surface area contributed by atoms with Gasteiger partial charge in [0.25, 0.3) is 0 Å². The number of nitrogens with zero attached hydrogens (tertiary/aromatic N) is 1. The van der Waals surface area contributed by atoms with Crippen molar-refractivity contribution in [3.8, 4) is 0 Å². The molecule has 17 heavy (non-hydrogen) atoms. The summed E-state index contributed by atoms with van der Waals surface area (Å²) < 4.78 is 4.82. The van der Waals surface area contributed by atoms with Gasteiger partial charge in [-0.2, -0.15) is 0 Å². The van der Waals surface area contributed by atoms with Gasteiger partial charge in [-0.25, -0.2) is 0 Å². The molecule has 2 rings (SSSR count). The van der Waals surface area contributed by atoms with Crippen molar-refractivity contribution < 1.29 is 14.1 Å². The number of nitrogens with one attached hydrogen (secondary N) is 2. The van der Waals surface area contributed by atoms with Crippen molar-refractivity contribution in [2.75, 3.05) is 5.32 Å². The molecule has 2 amide bonds. The number of rotatable bonds is 4. The van der Waals surface area contributed by atoms with Crippen LogP contribution in [0.5, 0.6) is 0 Å². The Morgan fingerprint density at radius 3 is 2.76 bits per heavy atom. The third-order valence-corrected chi connectivity index (χ3v) is 2.58. The average molecular weight is 237 g/mol. The molecule has 0 saturated heterocycles. The molecule has 1 atom stereocenters. The lowest BCUT2D eigenvalue weighted by molar-refractivity contribution is -0.127. The molecule has 1 aromatic rings. The average Bonchev–Trinajstić information content (AvgIpc) is 3.04. The summed E-state index contributed by atoms with van der Waals surface area (Å²) >= 11 is 0. The van der Waals surface area contributed by atoms with Gasteiger partial charge in [0.05, 0.1) is 0 Å². The summed E-state index contributed by atoms with van der Waals surface area (Å²) in [5, 5.41) is 8.87. The van der Waals surface area contributed by atoms with Gasteiger partial charge in [0.2, 0.25) is 11.8 Å². The maximum absolute atomic E-state index is 11.7. The number of hydrogen-bond donors (Lipinski definition) is 2.